The van der Waals surface area contributed by atoms with Gasteiger partial charge in [0.2, 0.25) is 0 Å². The lowest BCUT2D eigenvalue weighted by Crippen LogP contribution is -2.02. The van der Waals surface area contributed by atoms with E-state index in [0.29, 0.717) is 5.56 Å². The van der Waals surface area contributed by atoms with Crippen LogP contribution in [-0.2, 0) is 6.61 Å². The van der Waals surface area contributed by atoms with E-state index in [1.54, 1.807) is 6.07 Å². The predicted octanol–water partition coefficient (Wildman–Crippen LogP) is 2.20. The van der Waals surface area contributed by atoms with E-state index in [4.69, 9.17) is 22.1 Å². The number of halogens is 1. The third kappa shape index (κ3) is 3.08. The van der Waals surface area contributed by atoms with Gasteiger partial charge in [0.25, 0.3) is 11.6 Å². The van der Waals surface area contributed by atoms with Crippen LogP contribution in [0.5, 0.6) is 5.88 Å². The zero-order valence-corrected chi connectivity index (χ0v) is 10.4. The first kappa shape index (κ1) is 13.0. The van der Waals surface area contributed by atoms with Crippen molar-refractivity contribution >= 4 is 23.1 Å². The minimum absolute atomic E-state index is 0.0766. The van der Waals surface area contributed by atoms with Gasteiger partial charge in [0.05, 0.1) is 4.92 Å². The number of nitrogens with two attached hydrogens (primary N) is 1. The number of hydrogen-bond acceptors (Lipinski definition) is 6. The van der Waals surface area contributed by atoms with E-state index in [2.05, 4.69) is 9.97 Å². The molecular formula is C11H9ClN4O3. The van der Waals surface area contributed by atoms with Crippen molar-refractivity contribution in [1.29, 1.82) is 0 Å². The lowest BCUT2D eigenvalue weighted by molar-refractivity contribution is -0.384. The zero-order valence-electron chi connectivity index (χ0n) is 9.62. The highest BCUT2D eigenvalue weighted by Gasteiger charge is 2.13. The number of nitro benzene ring substituents is 1. The van der Waals surface area contributed by atoms with Crippen molar-refractivity contribution in [2.24, 2.45) is 0 Å². The summed E-state index contributed by atoms with van der Waals surface area (Å²) in [6.07, 6.45) is 2.88. The van der Waals surface area contributed by atoms with Gasteiger partial charge in [0.15, 0.2) is 5.82 Å². The smallest absolute Gasteiger partial charge is 0.288 e. The Morgan fingerprint density at radius 3 is 2.79 bits per heavy atom. The van der Waals surface area contributed by atoms with Crippen LogP contribution in [0.3, 0.4) is 0 Å². The molecule has 0 radical (unpaired) electrons. The molecule has 0 aliphatic heterocycles. The molecule has 98 valence electrons. The number of nitrogen functional groups attached to an aromatic ring is 1. The van der Waals surface area contributed by atoms with Gasteiger partial charge >= 0.3 is 0 Å². The maximum atomic E-state index is 10.7. The van der Waals surface area contributed by atoms with Crippen LogP contribution in [0, 0.1) is 10.1 Å². The van der Waals surface area contributed by atoms with E-state index in [1.807, 2.05) is 0 Å². The van der Waals surface area contributed by atoms with Gasteiger partial charge < -0.3 is 10.5 Å². The lowest BCUT2D eigenvalue weighted by atomic mass is 10.2. The lowest BCUT2D eigenvalue weighted by Gasteiger charge is -2.06. The molecule has 7 nitrogen and oxygen atoms in total. The summed E-state index contributed by atoms with van der Waals surface area (Å²) in [7, 11) is 0. The number of nitro groups is 1. The Bertz CT molecular complexity index is 621. The van der Waals surface area contributed by atoms with Crippen LogP contribution in [0.25, 0.3) is 0 Å². The Hall–Kier alpha value is -2.41. The fourth-order valence-electron chi connectivity index (χ4n) is 1.39. The van der Waals surface area contributed by atoms with E-state index in [-0.39, 0.29) is 29.0 Å². The van der Waals surface area contributed by atoms with Gasteiger partial charge in [-0.15, -0.1) is 0 Å². The molecule has 0 spiro atoms. The van der Waals surface area contributed by atoms with E-state index >= 15 is 0 Å². The second-order valence-electron chi connectivity index (χ2n) is 3.58. The molecule has 8 heteroatoms. The predicted molar refractivity (Wildman–Crippen MR) is 68.9 cm³/mol. The average molecular weight is 281 g/mol. The zero-order chi connectivity index (χ0) is 13.8. The van der Waals surface area contributed by atoms with Crippen molar-refractivity contribution < 1.29 is 9.66 Å². The van der Waals surface area contributed by atoms with Crippen molar-refractivity contribution in [3.8, 4) is 5.88 Å². The van der Waals surface area contributed by atoms with Crippen LogP contribution in [0.2, 0.25) is 5.02 Å². The molecule has 1 aromatic carbocycles. The standard InChI is InChI=1S/C11H9ClN4O3/c12-8-2-1-7(5-9(8)16(17)18)6-19-11-10(13)14-3-4-15-11/h1-5H,6H2,(H2,13,14). The second-order valence-corrected chi connectivity index (χ2v) is 3.99. The van der Waals surface area contributed by atoms with Crippen LogP contribution < -0.4 is 10.5 Å². The monoisotopic (exact) mass is 280 g/mol. The minimum Gasteiger partial charge on any atom is -0.470 e. The normalized spacial score (nSPS) is 10.2. The number of hydrogen-bond donors (Lipinski definition) is 1. The summed E-state index contributed by atoms with van der Waals surface area (Å²) < 4.78 is 5.33. The Balaban J connectivity index is 2.14. The van der Waals surface area contributed by atoms with Gasteiger partial charge in [-0.25, -0.2) is 9.97 Å². The van der Waals surface area contributed by atoms with E-state index in [9.17, 15) is 10.1 Å². The van der Waals surface area contributed by atoms with Crippen LogP contribution in [0.15, 0.2) is 30.6 Å². The molecule has 0 aliphatic carbocycles. The number of aromatic nitrogens is 2. The van der Waals surface area contributed by atoms with Crippen LogP contribution in [0.4, 0.5) is 11.5 Å². The number of rotatable bonds is 4. The van der Waals surface area contributed by atoms with Gasteiger partial charge in [0, 0.05) is 18.5 Å². The molecule has 0 amide bonds. The summed E-state index contributed by atoms with van der Waals surface area (Å²) in [6.45, 7) is 0.0842. The molecule has 19 heavy (non-hydrogen) atoms. The molecule has 0 saturated carbocycles. The van der Waals surface area contributed by atoms with E-state index in [0.717, 1.165) is 0 Å². The molecule has 0 atom stereocenters. The molecule has 0 saturated heterocycles. The third-order valence-electron chi connectivity index (χ3n) is 2.27. The van der Waals surface area contributed by atoms with Gasteiger partial charge in [0.1, 0.15) is 11.6 Å². The Morgan fingerprint density at radius 1 is 1.37 bits per heavy atom. The van der Waals surface area contributed by atoms with Crippen molar-refractivity contribution in [1.82, 2.24) is 9.97 Å². The topological polar surface area (TPSA) is 104 Å². The summed E-state index contributed by atoms with van der Waals surface area (Å²) in [4.78, 5) is 17.9. The summed E-state index contributed by atoms with van der Waals surface area (Å²) in [6, 6.07) is 4.41. The summed E-state index contributed by atoms with van der Waals surface area (Å²) >= 11 is 5.71. The molecule has 0 fully saturated rings. The first-order chi connectivity index (χ1) is 9.08. The fourth-order valence-corrected chi connectivity index (χ4v) is 1.57. The Morgan fingerprint density at radius 2 is 2.11 bits per heavy atom. The van der Waals surface area contributed by atoms with Crippen LogP contribution >= 0.6 is 11.6 Å². The number of anilines is 1. The van der Waals surface area contributed by atoms with Gasteiger partial charge in [-0.2, -0.15) is 0 Å². The minimum atomic E-state index is -0.553. The summed E-state index contributed by atoms with van der Waals surface area (Å²) in [5, 5.41) is 10.8. The maximum Gasteiger partial charge on any atom is 0.288 e. The van der Waals surface area contributed by atoms with Crippen molar-refractivity contribution in [2.75, 3.05) is 5.73 Å². The summed E-state index contributed by atoms with van der Waals surface area (Å²) in [5.74, 6) is 0.339. The molecular weight excluding hydrogens is 272 g/mol. The van der Waals surface area contributed by atoms with Gasteiger partial charge in [-0.05, 0) is 11.6 Å². The largest absolute Gasteiger partial charge is 0.470 e. The molecule has 1 heterocycles. The van der Waals surface area contributed by atoms with Crippen molar-refractivity contribution in [3.05, 3.63) is 51.3 Å². The maximum absolute atomic E-state index is 10.7. The Kier molecular flexibility index (Phi) is 3.76. The number of benzene rings is 1. The molecule has 0 bridgehead atoms. The molecule has 2 aromatic rings. The highest BCUT2D eigenvalue weighted by Crippen LogP contribution is 2.25. The van der Waals surface area contributed by atoms with Crippen molar-refractivity contribution in [2.45, 2.75) is 6.61 Å². The molecule has 0 unspecified atom stereocenters. The second kappa shape index (κ2) is 5.49. The van der Waals surface area contributed by atoms with Crippen LogP contribution in [-0.4, -0.2) is 14.9 Å². The first-order valence-corrected chi connectivity index (χ1v) is 5.58. The number of ether oxygens (including phenoxy) is 1. The Labute approximate surface area is 113 Å². The third-order valence-corrected chi connectivity index (χ3v) is 2.59. The van der Waals surface area contributed by atoms with Crippen LogP contribution in [0.1, 0.15) is 5.56 Å². The van der Waals surface area contributed by atoms with Crippen molar-refractivity contribution in [3.63, 3.8) is 0 Å². The quantitative estimate of drug-likeness (QED) is 0.680. The molecule has 0 aliphatic rings. The first-order valence-electron chi connectivity index (χ1n) is 5.20. The van der Waals surface area contributed by atoms with E-state index in [1.165, 1.54) is 24.5 Å². The molecule has 2 N–H and O–H groups in total. The molecule has 1 aromatic heterocycles. The number of nitrogens with zero attached hydrogens (tertiary/aromatic N) is 3. The summed E-state index contributed by atoms with van der Waals surface area (Å²) in [5.41, 5.74) is 5.97. The van der Waals surface area contributed by atoms with E-state index < -0.39 is 4.92 Å². The highest BCUT2D eigenvalue weighted by molar-refractivity contribution is 6.32. The SMILES string of the molecule is Nc1nccnc1OCc1ccc(Cl)c([N+](=O)[O-])c1. The van der Waals surface area contributed by atoms with Gasteiger partial charge in [-0.1, -0.05) is 17.7 Å². The fraction of sp³-hybridized carbons (Fsp3) is 0.0909. The van der Waals surface area contributed by atoms with Gasteiger partial charge in [-0.3, -0.25) is 10.1 Å². The highest BCUT2D eigenvalue weighted by atomic mass is 35.5. The molecule has 2 rings (SSSR count). The average Bonchev–Trinajstić information content (AvgIpc) is 2.39.